The van der Waals surface area contributed by atoms with E-state index in [1.165, 1.54) is 4.31 Å². The Labute approximate surface area is 172 Å². The van der Waals surface area contributed by atoms with Gasteiger partial charge in [-0.1, -0.05) is 30.3 Å². The van der Waals surface area contributed by atoms with Gasteiger partial charge in [-0.3, -0.25) is 4.79 Å². The Morgan fingerprint density at radius 1 is 0.897 bits per heavy atom. The van der Waals surface area contributed by atoms with E-state index >= 15 is 0 Å². The van der Waals surface area contributed by atoms with Crippen molar-refractivity contribution in [2.45, 2.75) is 25.2 Å². The first-order valence-corrected chi connectivity index (χ1v) is 11.6. The molecule has 2 saturated heterocycles. The molecule has 2 fully saturated rings. The van der Waals surface area contributed by atoms with E-state index in [0.717, 1.165) is 24.2 Å². The second kappa shape index (κ2) is 8.69. The molecule has 2 aliphatic rings. The molecule has 0 spiro atoms. The van der Waals surface area contributed by atoms with Crippen LogP contribution in [0.4, 0.5) is 0 Å². The molecule has 0 radical (unpaired) electrons. The van der Waals surface area contributed by atoms with Crippen molar-refractivity contribution >= 4 is 16.1 Å². The zero-order valence-corrected chi connectivity index (χ0v) is 17.3. The zero-order valence-electron chi connectivity index (χ0n) is 16.4. The van der Waals surface area contributed by atoms with Gasteiger partial charge in [0, 0.05) is 45.7 Å². The van der Waals surface area contributed by atoms with Gasteiger partial charge in [0.05, 0.1) is 12.2 Å². The Hall–Kier alpha value is -2.16. The first-order chi connectivity index (χ1) is 14.1. The average molecular weight is 418 g/mol. The minimum Gasteiger partial charge on any atom is -0.469 e. The largest absolute Gasteiger partial charge is 0.469 e. The lowest BCUT2D eigenvalue weighted by molar-refractivity contribution is -0.132. The van der Waals surface area contributed by atoms with Gasteiger partial charge < -0.3 is 9.32 Å². The van der Waals surface area contributed by atoms with Gasteiger partial charge in [-0.15, -0.1) is 0 Å². The Balaban J connectivity index is 1.40. The van der Waals surface area contributed by atoms with E-state index < -0.39 is 10.2 Å². The van der Waals surface area contributed by atoms with Crippen LogP contribution in [0, 0.1) is 0 Å². The van der Waals surface area contributed by atoms with Gasteiger partial charge in [0.2, 0.25) is 5.91 Å². The normalized spacial score (nSPS) is 20.1. The Morgan fingerprint density at radius 2 is 1.55 bits per heavy atom. The molecule has 1 aromatic heterocycles. The number of carbonyl (C=O) groups excluding carboxylic acids is 1. The SMILES string of the molecule is O=C(CC(c1ccccc1)c1ccco1)N1CCN(S(=O)(=O)N2CCCC2)CC1. The van der Waals surface area contributed by atoms with Gasteiger partial charge in [-0.25, -0.2) is 0 Å². The molecule has 2 aliphatic heterocycles. The molecule has 3 heterocycles. The summed E-state index contributed by atoms with van der Waals surface area (Å²) in [7, 11) is -3.40. The van der Waals surface area contributed by atoms with Crippen LogP contribution in [0.3, 0.4) is 0 Å². The summed E-state index contributed by atoms with van der Waals surface area (Å²) >= 11 is 0. The van der Waals surface area contributed by atoms with Crippen molar-refractivity contribution in [2.24, 2.45) is 0 Å². The van der Waals surface area contributed by atoms with Gasteiger partial charge >= 0.3 is 0 Å². The molecule has 7 nitrogen and oxygen atoms in total. The molecule has 1 amide bonds. The Kier molecular flexibility index (Phi) is 6.03. The average Bonchev–Trinajstić information content (AvgIpc) is 3.47. The quantitative estimate of drug-likeness (QED) is 0.723. The summed E-state index contributed by atoms with van der Waals surface area (Å²) in [5.41, 5.74) is 1.03. The van der Waals surface area contributed by atoms with E-state index in [2.05, 4.69) is 0 Å². The number of hydrogen-bond acceptors (Lipinski definition) is 4. The maximum Gasteiger partial charge on any atom is 0.282 e. The van der Waals surface area contributed by atoms with E-state index in [4.69, 9.17) is 4.42 Å². The molecule has 8 heteroatoms. The molecule has 4 rings (SSSR count). The fourth-order valence-electron chi connectivity index (χ4n) is 4.11. The second-order valence-electron chi connectivity index (χ2n) is 7.58. The van der Waals surface area contributed by atoms with Crippen LogP contribution in [-0.4, -0.2) is 67.1 Å². The van der Waals surface area contributed by atoms with E-state index in [-0.39, 0.29) is 11.8 Å². The van der Waals surface area contributed by atoms with Crippen LogP contribution in [-0.2, 0) is 15.0 Å². The fraction of sp³-hybridized carbons (Fsp3) is 0.476. The minimum absolute atomic E-state index is 0.0217. The van der Waals surface area contributed by atoms with Gasteiger partial charge in [-0.05, 0) is 30.5 Å². The summed E-state index contributed by atoms with van der Waals surface area (Å²) in [6.07, 6.45) is 3.77. The molecule has 0 N–H and O–H groups in total. The first-order valence-electron chi connectivity index (χ1n) is 10.2. The van der Waals surface area contributed by atoms with Gasteiger partial charge in [-0.2, -0.15) is 17.0 Å². The van der Waals surface area contributed by atoms with Crippen LogP contribution in [0.15, 0.2) is 53.1 Å². The lowest BCUT2D eigenvalue weighted by Gasteiger charge is -2.36. The van der Waals surface area contributed by atoms with Gasteiger partial charge in [0.15, 0.2) is 0 Å². The maximum atomic E-state index is 13.0. The van der Waals surface area contributed by atoms with Crippen molar-refractivity contribution in [1.29, 1.82) is 0 Å². The third-order valence-corrected chi connectivity index (χ3v) is 7.81. The van der Waals surface area contributed by atoms with E-state index in [1.54, 1.807) is 15.5 Å². The topological polar surface area (TPSA) is 74.1 Å². The monoisotopic (exact) mass is 417 g/mol. The molecule has 2 aromatic rings. The van der Waals surface area contributed by atoms with Crippen molar-refractivity contribution in [3.63, 3.8) is 0 Å². The van der Waals surface area contributed by atoms with Crippen molar-refractivity contribution in [3.8, 4) is 0 Å². The van der Waals surface area contributed by atoms with Crippen molar-refractivity contribution in [2.75, 3.05) is 39.3 Å². The first kappa shape index (κ1) is 20.1. The molecule has 156 valence electrons. The van der Waals surface area contributed by atoms with Gasteiger partial charge in [0.1, 0.15) is 5.76 Å². The third kappa shape index (κ3) is 4.39. The van der Waals surface area contributed by atoms with Gasteiger partial charge in [0.25, 0.3) is 10.2 Å². The van der Waals surface area contributed by atoms with E-state index in [9.17, 15) is 13.2 Å². The number of nitrogens with zero attached hydrogens (tertiary/aromatic N) is 3. The summed E-state index contributed by atoms with van der Waals surface area (Å²) in [4.78, 5) is 14.8. The predicted octanol–water partition coefficient (Wildman–Crippen LogP) is 2.29. The summed E-state index contributed by atoms with van der Waals surface area (Å²) in [6.45, 7) is 2.74. The molecular formula is C21H27N3O4S. The molecule has 29 heavy (non-hydrogen) atoms. The molecule has 0 bridgehead atoms. The van der Waals surface area contributed by atoms with Crippen LogP contribution in [0.2, 0.25) is 0 Å². The highest BCUT2D eigenvalue weighted by Crippen LogP contribution is 2.29. The minimum atomic E-state index is -3.40. The molecule has 1 unspecified atom stereocenters. The van der Waals surface area contributed by atoms with Crippen molar-refractivity contribution in [3.05, 3.63) is 60.1 Å². The van der Waals surface area contributed by atoms with Crippen LogP contribution in [0.1, 0.15) is 36.5 Å². The van der Waals surface area contributed by atoms with E-state index in [1.807, 2.05) is 42.5 Å². The Morgan fingerprint density at radius 3 is 2.17 bits per heavy atom. The second-order valence-corrected chi connectivity index (χ2v) is 9.51. The molecular weight excluding hydrogens is 390 g/mol. The number of piperazine rings is 1. The van der Waals surface area contributed by atoms with Crippen LogP contribution in [0.25, 0.3) is 0 Å². The molecule has 1 aromatic carbocycles. The standard InChI is InChI=1S/C21H27N3O4S/c25-21(17-19(20-9-6-16-28-20)18-7-2-1-3-8-18)22-12-14-24(15-13-22)29(26,27)23-10-4-5-11-23/h1-3,6-9,16,19H,4-5,10-15,17H2. The van der Waals surface area contributed by atoms with Crippen molar-refractivity contribution < 1.29 is 17.6 Å². The van der Waals surface area contributed by atoms with Crippen LogP contribution >= 0.6 is 0 Å². The van der Waals surface area contributed by atoms with Crippen LogP contribution < -0.4 is 0 Å². The number of benzene rings is 1. The predicted molar refractivity (Wildman–Crippen MR) is 109 cm³/mol. The summed E-state index contributed by atoms with van der Waals surface area (Å²) < 4.78 is 34.1. The number of rotatable bonds is 6. The lowest BCUT2D eigenvalue weighted by atomic mass is 9.92. The molecule has 0 aliphatic carbocycles. The highest BCUT2D eigenvalue weighted by molar-refractivity contribution is 7.86. The Bertz CT molecular complexity index is 901. The van der Waals surface area contributed by atoms with Crippen molar-refractivity contribution in [1.82, 2.24) is 13.5 Å². The summed E-state index contributed by atoms with van der Waals surface area (Å²) in [5, 5.41) is 0. The number of carbonyl (C=O) groups is 1. The highest BCUT2D eigenvalue weighted by atomic mass is 32.2. The molecule has 1 atom stereocenters. The summed E-state index contributed by atoms with van der Waals surface area (Å²) in [5.74, 6) is 0.637. The van der Waals surface area contributed by atoms with Crippen LogP contribution in [0.5, 0.6) is 0 Å². The maximum absolute atomic E-state index is 13.0. The number of amides is 1. The molecule has 0 saturated carbocycles. The lowest BCUT2D eigenvalue weighted by Crippen LogP contribution is -2.53. The highest BCUT2D eigenvalue weighted by Gasteiger charge is 2.35. The summed E-state index contributed by atoms with van der Waals surface area (Å²) in [6, 6.07) is 13.6. The third-order valence-electron chi connectivity index (χ3n) is 5.78. The number of furan rings is 1. The van der Waals surface area contributed by atoms with E-state index in [0.29, 0.717) is 45.7 Å². The zero-order chi connectivity index (χ0) is 20.3. The smallest absolute Gasteiger partial charge is 0.282 e. The number of hydrogen-bond donors (Lipinski definition) is 0. The fourth-order valence-corrected chi connectivity index (χ4v) is 5.78.